The van der Waals surface area contributed by atoms with Crippen LogP contribution in [-0.2, 0) is 16.8 Å². The second kappa shape index (κ2) is 6.68. The van der Waals surface area contributed by atoms with Crippen LogP contribution in [0.15, 0.2) is 24.5 Å². The first-order valence-electron chi connectivity index (χ1n) is 8.32. The van der Waals surface area contributed by atoms with Gasteiger partial charge in [-0.05, 0) is 30.5 Å². The fourth-order valence-corrected chi connectivity index (χ4v) is 4.82. The molecule has 1 aromatic rings. The SMILES string of the molecule is CN(C)S(=O)(=O)N1CCC2(O)CCN(Cc3ccncc3)CC2C1. The molecule has 134 valence electrons. The molecule has 0 aliphatic carbocycles. The van der Waals surface area contributed by atoms with Crippen molar-refractivity contribution in [3.05, 3.63) is 30.1 Å². The van der Waals surface area contributed by atoms with Crippen molar-refractivity contribution in [3.8, 4) is 0 Å². The molecule has 2 aliphatic heterocycles. The average Bonchev–Trinajstić information content (AvgIpc) is 2.55. The summed E-state index contributed by atoms with van der Waals surface area (Å²) >= 11 is 0. The van der Waals surface area contributed by atoms with Gasteiger partial charge in [0, 0.05) is 65.1 Å². The smallest absolute Gasteiger partial charge is 0.281 e. The highest BCUT2D eigenvalue weighted by atomic mass is 32.2. The van der Waals surface area contributed by atoms with Crippen LogP contribution in [-0.4, -0.2) is 77.9 Å². The summed E-state index contributed by atoms with van der Waals surface area (Å²) < 4.78 is 27.5. The van der Waals surface area contributed by atoms with Crippen LogP contribution in [0.2, 0.25) is 0 Å². The van der Waals surface area contributed by atoms with Crippen LogP contribution in [0.4, 0.5) is 0 Å². The molecule has 2 unspecified atom stereocenters. The van der Waals surface area contributed by atoms with Crippen LogP contribution in [0, 0.1) is 5.92 Å². The molecule has 8 heteroatoms. The Labute approximate surface area is 144 Å². The van der Waals surface area contributed by atoms with Gasteiger partial charge in [0.1, 0.15) is 0 Å². The van der Waals surface area contributed by atoms with Crippen molar-refractivity contribution in [2.24, 2.45) is 5.92 Å². The summed E-state index contributed by atoms with van der Waals surface area (Å²) in [6.07, 6.45) is 4.76. The minimum absolute atomic E-state index is 0.0587. The van der Waals surface area contributed by atoms with E-state index in [0.717, 1.165) is 13.1 Å². The van der Waals surface area contributed by atoms with Crippen LogP contribution >= 0.6 is 0 Å². The lowest BCUT2D eigenvalue weighted by Gasteiger charge is -2.50. The van der Waals surface area contributed by atoms with E-state index in [1.807, 2.05) is 12.1 Å². The zero-order valence-electron chi connectivity index (χ0n) is 14.3. The van der Waals surface area contributed by atoms with E-state index >= 15 is 0 Å². The Balaban J connectivity index is 1.70. The molecule has 0 aromatic carbocycles. The fraction of sp³-hybridized carbons (Fsp3) is 0.688. The molecule has 1 N–H and O–H groups in total. The van der Waals surface area contributed by atoms with Gasteiger partial charge < -0.3 is 5.11 Å². The first-order valence-corrected chi connectivity index (χ1v) is 9.72. The Morgan fingerprint density at radius 3 is 2.58 bits per heavy atom. The standard InChI is InChI=1S/C16H26N4O3S/c1-18(2)24(22,23)20-10-6-16(21)5-9-19(12-15(16)13-20)11-14-3-7-17-8-4-14/h3-4,7-8,15,21H,5-6,9-13H2,1-2H3. The number of fused-ring (bicyclic) bond motifs is 1. The molecule has 0 amide bonds. The second-order valence-electron chi connectivity index (χ2n) is 7.04. The summed E-state index contributed by atoms with van der Waals surface area (Å²) in [5, 5.41) is 10.9. The minimum Gasteiger partial charge on any atom is -0.389 e. The topological polar surface area (TPSA) is 77.0 Å². The van der Waals surface area contributed by atoms with Crippen LogP contribution in [0.5, 0.6) is 0 Å². The number of rotatable bonds is 4. The number of piperidine rings is 2. The zero-order valence-corrected chi connectivity index (χ0v) is 15.1. The van der Waals surface area contributed by atoms with E-state index in [-0.39, 0.29) is 5.92 Å². The molecule has 2 saturated heterocycles. The molecule has 0 spiro atoms. The number of nitrogens with zero attached hydrogens (tertiary/aromatic N) is 4. The largest absolute Gasteiger partial charge is 0.389 e. The Morgan fingerprint density at radius 1 is 1.25 bits per heavy atom. The Kier molecular flexibility index (Phi) is 4.94. The third-order valence-electron chi connectivity index (χ3n) is 5.26. The van der Waals surface area contributed by atoms with Gasteiger partial charge in [0.2, 0.25) is 0 Å². The van der Waals surface area contributed by atoms with Crippen LogP contribution < -0.4 is 0 Å². The Morgan fingerprint density at radius 2 is 1.92 bits per heavy atom. The Bertz CT molecular complexity index is 667. The van der Waals surface area contributed by atoms with Gasteiger partial charge in [-0.15, -0.1) is 0 Å². The lowest BCUT2D eigenvalue weighted by atomic mass is 9.76. The van der Waals surface area contributed by atoms with Crippen LogP contribution in [0.3, 0.4) is 0 Å². The summed E-state index contributed by atoms with van der Waals surface area (Å²) in [7, 11) is -0.328. The van der Waals surface area contributed by atoms with Gasteiger partial charge in [-0.2, -0.15) is 17.0 Å². The molecule has 0 radical (unpaired) electrons. The Hall–Kier alpha value is -1.06. The monoisotopic (exact) mass is 354 g/mol. The lowest BCUT2D eigenvalue weighted by Crippen LogP contribution is -2.61. The summed E-state index contributed by atoms with van der Waals surface area (Å²) in [6, 6.07) is 3.98. The quantitative estimate of drug-likeness (QED) is 0.833. The molecule has 7 nitrogen and oxygen atoms in total. The number of hydrogen-bond acceptors (Lipinski definition) is 5. The highest BCUT2D eigenvalue weighted by molar-refractivity contribution is 7.86. The maximum Gasteiger partial charge on any atom is 0.281 e. The van der Waals surface area contributed by atoms with Gasteiger partial charge in [-0.1, -0.05) is 0 Å². The van der Waals surface area contributed by atoms with Gasteiger partial charge in [-0.25, -0.2) is 0 Å². The highest BCUT2D eigenvalue weighted by Crippen LogP contribution is 2.36. The molecule has 0 saturated carbocycles. The first kappa shape index (κ1) is 17.8. The average molecular weight is 354 g/mol. The molecule has 24 heavy (non-hydrogen) atoms. The predicted octanol–water partition coefficient (Wildman–Crippen LogP) is 0.147. The fourth-order valence-electron chi connectivity index (χ4n) is 3.67. The van der Waals surface area contributed by atoms with Crippen LogP contribution in [0.1, 0.15) is 18.4 Å². The summed E-state index contributed by atoms with van der Waals surface area (Å²) in [6.45, 7) is 3.10. The van der Waals surface area contributed by atoms with E-state index in [1.54, 1.807) is 26.5 Å². The number of aromatic nitrogens is 1. The minimum atomic E-state index is -3.42. The molecule has 3 rings (SSSR count). The molecule has 2 atom stereocenters. The van der Waals surface area contributed by atoms with Crippen molar-refractivity contribution < 1.29 is 13.5 Å². The number of pyridine rings is 1. The molecule has 2 aliphatic rings. The van der Waals surface area contributed by atoms with Gasteiger partial charge in [-0.3, -0.25) is 9.88 Å². The van der Waals surface area contributed by atoms with E-state index in [1.165, 1.54) is 14.2 Å². The van der Waals surface area contributed by atoms with Crippen molar-refractivity contribution >= 4 is 10.2 Å². The highest BCUT2D eigenvalue weighted by Gasteiger charge is 2.47. The molecular formula is C16H26N4O3S. The maximum atomic E-state index is 12.4. The first-order chi connectivity index (χ1) is 11.3. The maximum absolute atomic E-state index is 12.4. The van der Waals surface area contributed by atoms with Crippen molar-refractivity contribution in [2.45, 2.75) is 25.0 Å². The normalized spacial score (nSPS) is 29.6. The number of hydrogen-bond donors (Lipinski definition) is 1. The second-order valence-corrected chi connectivity index (χ2v) is 9.18. The number of likely N-dealkylation sites (tertiary alicyclic amines) is 1. The third kappa shape index (κ3) is 3.48. The van der Waals surface area contributed by atoms with Crippen molar-refractivity contribution in [3.63, 3.8) is 0 Å². The molecule has 0 bridgehead atoms. The summed E-state index contributed by atoms with van der Waals surface area (Å²) in [5.41, 5.74) is 0.441. The third-order valence-corrected chi connectivity index (χ3v) is 7.17. The van der Waals surface area contributed by atoms with Crippen molar-refractivity contribution in [2.75, 3.05) is 40.3 Å². The van der Waals surface area contributed by atoms with Gasteiger partial charge in [0.25, 0.3) is 10.2 Å². The molecular weight excluding hydrogens is 328 g/mol. The van der Waals surface area contributed by atoms with Crippen molar-refractivity contribution in [1.82, 2.24) is 18.5 Å². The summed E-state index contributed by atoms with van der Waals surface area (Å²) in [4.78, 5) is 6.32. The predicted molar refractivity (Wildman–Crippen MR) is 91.4 cm³/mol. The summed E-state index contributed by atoms with van der Waals surface area (Å²) in [5.74, 6) is -0.0587. The lowest BCUT2D eigenvalue weighted by molar-refractivity contribution is -0.103. The van der Waals surface area contributed by atoms with Crippen molar-refractivity contribution in [1.29, 1.82) is 0 Å². The van der Waals surface area contributed by atoms with E-state index in [4.69, 9.17) is 0 Å². The molecule has 2 fully saturated rings. The molecule has 3 heterocycles. The zero-order chi connectivity index (χ0) is 17.4. The van der Waals surface area contributed by atoms with E-state index in [9.17, 15) is 13.5 Å². The van der Waals surface area contributed by atoms with E-state index in [2.05, 4.69) is 9.88 Å². The molecule has 1 aromatic heterocycles. The van der Waals surface area contributed by atoms with E-state index in [0.29, 0.717) is 32.5 Å². The van der Waals surface area contributed by atoms with Crippen LogP contribution in [0.25, 0.3) is 0 Å². The van der Waals surface area contributed by atoms with E-state index < -0.39 is 15.8 Å². The van der Waals surface area contributed by atoms with Gasteiger partial charge in [0.05, 0.1) is 5.60 Å². The van der Waals surface area contributed by atoms with Gasteiger partial charge >= 0.3 is 0 Å². The van der Waals surface area contributed by atoms with Gasteiger partial charge in [0.15, 0.2) is 0 Å². The number of aliphatic hydroxyl groups is 1.